The summed E-state index contributed by atoms with van der Waals surface area (Å²) in [7, 11) is 0. The number of carboxylic acid groups (broad SMARTS) is 1. The summed E-state index contributed by atoms with van der Waals surface area (Å²) in [6, 6.07) is 26.2. The van der Waals surface area contributed by atoms with Crippen LogP contribution < -0.4 is 4.90 Å². The number of allylic oxidation sites excluding steroid dienone is 3. The van der Waals surface area contributed by atoms with Crippen LogP contribution in [0.2, 0.25) is 0 Å². The molecule has 166 valence electrons. The number of nitrogens with zero attached hydrogens (tertiary/aromatic N) is 1. The lowest BCUT2D eigenvalue weighted by molar-refractivity contribution is -0.122. The van der Waals surface area contributed by atoms with Crippen LogP contribution in [0.5, 0.6) is 0 Å². The van der Waals surface area contributed by atoms with Crippen LogP contribution in [0.1, 0.15) is 21.5 Å². The van der Waals surface area contributed by atoms with Gasteiger partial charge in [0.1, 0.15) is 0 Å². The number of aromatic carboxylic acids is 1. The van der Waals surface area contributed by atoms with E-state index < -0.39 is 17.8 Å². The number of imide groups is 1. The van der Waals surface area contributed by atoms with Crippen LogP contribution in [0.3, 0.4) is 0 Å². The SMILES string of the molecule is O=C(O)c1cccc(N2C(=O)[C@H]3[C@H](C2=O)[C@H]2C=C[C@H]3C2=C(c2ccccc2)c2ccccc2)c1. The maximum Gasteiger partial charge on any atom is 0.335 e. The lowest BCUT2D eigenvalue weighted by Gasteiger charge is -2.21. The number of amides is 2. The number of hydrogen-bond donors (Lipinski definition) is 1. The number of rotatable bonds is 4. The Hall–Kier alpha value is -4.25. The second-order valence-electron chi connectivity index (χ2n) is 8.92. The first-order valence-electron chi connectivity index (χ1n) is 11.3. The smallest absolute Gasteiger partial charge is 0.335 e. The molecule has 34 heavy (non-hydrogen) atoms. The molecule has 2 fully saturated rings. The molecule has 0 spiro atoms. The molecule has 5 heteroatoms. The van der Waals surface area contributed by atoms with E-state index in [1.807, 2.05) is 36.4 Å². The van der Waals surface area contributed by atoms with E-state index in [-0.39, 0.29) is 29.2 Å². The molecule has 0 radical (unpaired) electrons. The van der Waals surface area contributed by atoms with Gasteiger partial charge in [0.15, 0.2) is 0 Å². The molecule has 3 aliphatic rings. The summed E-state index contributed by atoms with van der Waals surface area (Å²) in [5, 5.41) is 9.35. The zero-order valence-corrected chi connectivity index (χ0v) is 18.2. The van der Waals surface area contributed by atoms with Crippen molar-refractivity contribution in [2.24, 2.45) is 23.7 Å². The Labute approximate surface area is 196 Å². The molecule has 0 aromatic heterocycles. The number of carboxylic acids is 1. The Morgan fingerprint density at radius 2 is 1.18 bits per heavy atom. The highest BCUT2D eigenvalue weighted by molar-refractivity contribution is 6.23. The fourth-order valence-electron chi connectivity index (χ4n) is 5.84. The van der Waals surface area contributed by atoms with Crippen molar-refractivity contribution in [2.45, 2.75) is 0 Å². The van der Waals surface area contributed by atoms with Crippen molar-refractivity contribution in [3.05, 3.63) is 119 Å². The summed E-state index contributed by atoms with van der Waals surface area (Å²) in [5.74, 6) is -2.91. The minimum Gasteiger partial charge on any atom is -0.478 e. The van der Waals surface area contributed by atoms with Gasteiger partial charge in [-0.15, -0.1) is 0 Å². The zero-order valence-electron chi connectivity index (χ0n) is 18.2. The van der Waals surface area contributed by atoms with Crippen molar-refractivity contribution < 1.29 is 19.5 Å². The highest BCUT2D eigenvalue weighted by atomic mass is 16.4. The molecule has 4 atom stereocenters. The van der Waals surface area contributed by atoms with Crippen molar-refractivity contribution in [3.8, 4) is 0 Å². The number of carbonyl (C=O) groups excluding carboxylic acids is 2. The lowest BCUT2D eigenvalue weighted by atomic mass is 9.85. The van der Waals surface area contributed by atoms with Gasteiger partial charge in [0.25, 0.3) is 0 Å². The first kappa shape index (κ1) is 20.4. The molecular weight excluding hydrogens is 426 g/mol. The third-order valence-corrected chi connectivity index (χ3v) is 7.18. The van der Waals surface area contributed by atoms with Gasteiger partial charge in [-0.2, -0.15) is 0 Å². The fourth-order valence-corrected chi connectivity index (χ4v) is 5.84. The molecule has 0 unspecified atom stereocenters. The number of benzene rings is 3. The van der Waals surface area contributed by atoms with Gasteiger partial charge < -0.3 is 5.11 Å². The second kappa shape index (κ2) is 7.66. The van der Waals surface area contributed by atoms with Crippen LogP contribution in [0, 0.1) is 23.7 Å². The molecule has 1 N–H and O–H groups in total. The minimum atomic E-state index is -1.09. The van der Waals surface area contributed by atoms with Gasteiger partial charge in [-0.25, -0.2) is 9.69 Å². The monoisotopic (exact) mass is 447 g/mol. The molecule has 2 aliphatic carbocycles. The number of carbonyl (C=O) groups is 3. The average Bonchev–Trinajstić information content (AvgIpc) is 3.50. The standard InChI is InChI=1S/C29H21NO4/c31-27-25-21-14-15-22(26(25)28(32)30(27)20-13-7-12-19(16-20)29(33)34)24(21)23(17-8-3-1-4-9-17)18-10-5-2-6-11-18/h1-16,21-22,25-26H,(H,33,34)/t21-,22-,25+,26+/m0/s1. The number of fused-ring (bicyclic) bond motifs is 5. The van der Waals surface area contributed by atoms with Crippen molar-refractivity contribution in [2.75, 3.05) is 4.90 Å². The van der Waals surface area contributed by atoms with E-state index in [1.54, 1.807) is 12.1 Å². The molecular formula is C29H21NO4. The van der Waals surface area contributed by atoms with Crippen LogP contribution in [-0.2, 0) is 9.59 Å². The van der Waals surface area contributed by atoms with E-state index in [2.05, 4.69) is 36.4 Å². The molecule has 1 saturated heterocycles. The largest absolute Gasteiger partial charge is 0.478 e. The van der Waals surface area contributed by atoms with Gasteiger partial charge in [-0.1, -0.05) is 78.9 Å². The molecule has 2 amide bonds. The van der Waals surface area contributed by atoms with Gasteiger partial charge in [-0.05, 0) is 40.5 Å². The molecule has 3 aromatic rings. The molecule has 1 heterocycles. The van der Waals surface area contributed by atoms with Crippen LogP contribution >= 0.6 is 0 Å². The highest BCUT2D eigenvalue weighted by Crippen LogP contribution is 2.58. The first-order chi connectivity index (χ1) is 16.6. The third kappa shape index (κ3) is 2.90. The molecule has 1 aliphatic heterocycles. The summed E-state index contributed by atoms with van der Waals surface area (Å²) in [4.78, 5) is 39.8. The van der Waals surface area contributed by atoms with E-state index in [0.29, 0.717) is 5.69 Å². The van der Waals surface area contributed by atoms with Crippen molar-refractivity contribution in [3.63, 3.8) is 0 Å². The van der Waals surface area contributed by atoms with Crippen LogP contribution in [0.25, 0.3) is 5.57 Å². The van der Waals surface area contributed by atoms with Gasteiger partial charge >= 0.3 is 5.97 Å². The van der Waals surface area contributed by atoms with Gasteiger partial charge in [0, 0.05) is 11.8 Å². The van der Waals surface area contributed by atoms with E-state index in [0.717, 1.165) is 22.3 Å². The zero-order chi connectivity index (χ0) is 23.4. The van der Waals surface area contributed by atoms with Crippen molar-refractivity contribution >= 4 is 29.0 Å². The summed E-state index contributed by atoms with van der Waals surface area (Å²) in [6.45, 7) is 0. The predicted molar refractivity (Wildman–Crippen MR) is 128 cm³/mol. The summed E-state index contributed by atoms with van der Waals surface area (Å²) in [5.41, 5.74) is 4.69. The predicted octanol–water partition coefficient (Wildman–Crippen LogP) is 4.81. The van der Waals surface area contributed by atoms with Crippen LogP contribution in [-0.4, -0.2) is 22.9 Å². The Bertz CT molecular complexity index is 1310. The first-order valence-corrected chi connectivity index (χ1v) is 11.3. The lowest BCUT2D eigenvalue weighted by Crippen LogP contribution is -2.33. The quantitative estimate of drug-likeness (QED) is 0.460. The molecule has 6 rings (SSSR count). The molecule has 2 bridgehead atoms. The van der Waals surface area contributed by atoms with Gasteiger partial charge in [-0.3, -0.25) is 9.59 Å². The summed E-state index contributed by atoms with van der Waals surface area (Å²) < 4.78 is 0. The van der Waals surface area contributed by atoms with Crippen LogP contribution in [0.4, 0.5) is 5.69 Å². The summed E-state index contributed by atoms with van der Waals surface area (Å²) in [6.07, 6.45) is 4.13. The Morgan fingerprint density at radius 1 is 0.676 bits per heavy atom. The summed E-state index contributed by atoms with van der Waals surface area (Å²) >= 11 is 0. The number of anilines is 1. The van der Waals surface area contributed by atoms with Crippen molar-refractivity contribution in [1.29, 1.82) is 0 Å². The topological polar surface area (TPSA) is 74.7 Å². The highest BCUT2D eigenvalue weighted by Gasteiger charge is 2.62. The molecule has 3 aromatic carbocycles. The van der Waals surface area contributed by atoms with Crippen LogP contribution in [0.15, 0.2) is 103 Å². The fraction of sp³-hybridized carbons (Fsp3) is 0.138. The van der Waals surface area contributed by atoms with E-state index in [4.69, 9.17) is 0 Å². The van der Waals surface area contributed by atoms with Crippen molar-refractivity contribution in [1.82, 2.24) is 0 Å². The minimum absolute atomic E-state index is 0.0484. The Balaban J connectivity index is 1.47. The number of hydrogen-bond acceptors (Lipinski definition) is 3. The van der Waals surface area contributed by atoms with Gasteiger partial charge in [0.05, 0.1) is 23.1 Å². The Kier molecular flexibility index (Phi) is 4.59. The second-order valence-corrected chi connectivity index (χ2v) is 8.92. The van der Waals surface area contributed by atoms with Gasteiger partial charge in [0.2, 0.25) is 11.8 Å². The Morgan fingerprint density at radius 3 is 1.68 bits per heavy atom. The molecule has 5 nitrogen and oxygen atoms in total. The maximum absolute atomic E-state index is 13.6. The molecule has 1 saturated carbocycles. The third-order valence-electron chi connectivity index (χ3n) is 7.18. The normalized spacial score (nSPS) is 24.6. The van der Waals surface area contributed by atoms with E-state index in [1.165, 1.54) is 17.0 Å². The van der Waals surface area contributed by atoms with E-state index in [9.17, 15) is 19.5 Å². The average molecular weight is 447 g/mol. The maximum atomic E-state index is 13.6. The van der Waals surface area contributed by atoms with E-state index >= 15 is 0 Å².